The van der Waals surface area contributed by atoms with Crippen LogP contribution in [0.5, 0.6) is 0 Å². The smallest absolute Gasteiger partial charge is 0.255 e. The molecule has 37 heavy (non-hydrogen) atoms. The molecule has 0 saturated heterocycles. The van der Waals surface area contributed by atoms with Gasteiger partial charge in [-0.3, -0.25) is 9.89 Å². The lowest BCUT2D eigenvalue weighted by molar-refractivity contribution is 0.102. The van der Waals surface area contributed by atoms with Crippen LogP contribution in [0.25, 0.3) is 52.2 Å². The predicted molar refractivity (Wildman–Crippen MR) is 155 cm³/mol. The lowest BCUT2D eigenvalue weighted by atomic mass is 10.0. The number of amides is 1. The number of carbonyl (C=O) groups is 1. The molecule has 0 radical (unpaired) electrons. The van der Waals surface area contributed by atoms with Crippen molar-refractivity contribution in [3.8, 4) is 21.0 Å². The number of rotatable bonds is 4. The van der Waals surface area contributed by atoms with Gasteiger partial charge in [0.15, 0.2) is 0 Å². The van der Waals surface area contributed by atoms with E-state index in [9.17, 15) is 4.79 Å². The Morgan fingerprint density at radius 1 is 0.865 bits per heavy atom. The predicted octanol–water partition coefficient (Wildman–Crippen LogP) is 8.28. The van der Waals surface area contributed by atoms with Gasteiger partial charge in [0.1, 0.15) is 5.01 Å². The van der Waals surface area contributed by atoms with E-state index in [4.69, 9.17) is 4.98 Å². The fourth-order valence-corrected chi connectivity index (χ4v) is 6.71. The van der Waals surface area contributed by atoms with Crippen LogP contribution in [0.4, 0.5) is 5.69 Å². The number of hydrogen-bond donors (Lipinski definition) is 2. The Hall–Kier alpha value is -4.33. The summed E-state index contributed by atoms with van der Waals surface area (Å²) in [6, 6.07) is 28.4. The number of aryl methyl sites for hydroxylation is 1. The summed E-state index contributed by atoms with van der Waals surface area (Å²) >= 11 is 3.39. The van der Waals surface area contributed by atoms with Crippen molar-refractivity contribution >= 4 is 65.5 Å². The minimum absolute atomic E-state index is 0.159. The van der Waals surface area contributed by atoms with E-state index in [1.165, 1.54) is 20.3 Å². The number of aromatic nitrogens is 3. The SMILES string of the molecule is Cc1ccc2nc(-c3ccc(NC(=O)c4cc(-c5cc6ccccc6s5)c5[nH]ncc5c4)cc3)sc2c1. The lowest BCUT2D eigenvalue weighted by Crippen LogP contribution is -2.12. The van der Waals surface area contributed by atoms with Crippen LogP contribution in [0, 0.1) is 6.92 Å². The first kappa shape index (κ1) is 21.9. The first-order chi connectivity index (χ1) is 18.1. The second kappa shape index (κ2) is 8.65. The van der Waals surface area contributed by atoms with Crippen LogP contribution >= 0.6 is 22.7 Å². The first-order valence-electron chi connectivity index (χ1n) is 11.9. The highest BCUT2D eigenvalue weighted by Crippen LogP contribution is 2.37. The molecule has 7 rings (SSSR count). The van der Waals surface area contributed by atoms with Gasteiger partial charge in [0.05, 0.1) is 21.9 Å². The van der Waals surface area contributed by atoms with E-state index in [0.717, 1.165) is 43.1 Å². The molecule has 0 fully saturated rings. The fraction of sp³-hybridized carbons (Fsp3) is 0.0333. The topological polar surface area (TPSA) is 70.7 Å². The summed E-state index contributed by atoms with van der Waals surface area (Å²) in [5, 5.41) is 13.4. The summed E-state index contributed by atoms with van der Waals surface area (Å²) in [5.41, 5.74) is 6.50. The molecule has 0 aliphatic heterocycles. The number of benzene rings is 4. The average molecular weight is 517 g/mol. The summed E-state index contributed by atoms with van der Waals surface area (Å²) in [4.78, 5) is 19.2. The highest BCUT2D eigenvalue weighted by molar-refractivity contribution is 7.22. The molecule has 2 N–H and O–H groups in total. The highest BCUT2D eigenvalue weighted by Gasteiger charge is 2.15. The molecule has 3 aromatic heterocycles. The molecule has 178 valence electrons. The standard InChI is InChI=1S/C30H20N4OS2/c1-17-6-11-24-27(12-17)37-30(33-24)18-7-9-22(10-8-18)32-29(35)20-13-21-16-31-34-28(21)23(14-20)26-15-19-4-2-3-5-25(19)36-26/h2-16H,1H3,(H,31,34)(H,32,35). The van der Waals surface area contributed by atoms with Crippen LogP contribution in [-0.4, -0.2) is 21.1 Å². The van der Waals surface area contributed by atoms with Gasteiger partial charge in [-0.2, -0.15) is 5.10 Å². The van der Waals surface area contributed by atoms with Gasteiger partial charge in [-0.15, -0.1) is 22.7 Å². The van der Waals surface area contributed by atoms with Crippen molar-refractivity contribution in [1.29, 1.82) is 0 Å². The van der Waals surface area contributed by atoms with Gasteiger partial charge in [0.2, 0.25) is 0 Å². The Morgan fingerprint density at radius 2 is 1.73 bits per heavy atom. The Bertz CT molecular complexity index is 1910. The van der Waals surface area contributed by atoms with E-state index in [1.807, 2.05) is 48.5 Å². The summed E-state index contributed by atoms with van der Waals surface area (Å²) < 4.78 is 2.39. The van der Waals surface area contributed by atoms with E-state index >= 15 is 0 Å². The van der Waals surface area contributed by atoms with Crippen LogP contribution in [0.1, 0.15) is 15.9 Å². The molecule has 3 heterocycles. The Balaban J connectivity index is 1.18. The van der Waals surface area contributed by atoms with Crippen LogP contribution < -0.4 is 5.32 Å². The molecule has 0 atom stereocenters. The molecular formula is C30H20N4OS2. The van der Waals surface area contributed by atoms with Crippen molar-refractivity contribution < 1.29 is 4.79 Å². The van der Waals surface area contributed by atoms with Crippen molar-refractivity contribution in [2.45, 2.75) is 6.92 Å². The Morgan fingerprint density at radius 3 is 2.59 bits per heavy atom. The molecular weight excluding hydrogens is 496 g/mol. The molecule has 7 aromatic rings. The number of thiophene rings is 1. The molecule has 0 saturated carbocycles. The number of fused-ring (bicyclic) bond motifs is 3. The largest absolute Gasteiger partial charge is 0.322 e. The number of anilines is 1. The van der Waals surface area contributed by atoms with Gasteiger partial charge in [0.25, 0.3) is 5.91 Å². The zero-order chi connectivity index (χ0) is 24.9. The number of nitrogens with zero attached hydrogens (tertiary/aromatic N) is 2. The number of carbonyl (C=O) groups excluding carboxylic acids is 1. The minimum Gasteiger partial charge on any atom is -0.322 e. The Kier molecular flexibility index (Phi) is 5.13. The quantitative estimate of drug-likeness (QED) is 0.247. The van der Waals surface area contributed by atoms with Crippen LogP contribution in [-0.2, 0) is 0 Å². The second-order valence-electron chi connectivity index (χ2n) is 9.03. The van der Waals surface area contributed by atoms with Crippen molar-refractivity contribution in [3.63, 3.8) is 0 Å². The second-order valence-corrected chi connectivity index (χ2v) is 11.1. The zero-order valence-corrected chi connectivity index (χ0v) is 21.4. The molecule has 0 bridgehead atoms. The lowest BCUT2D eigenvalue weighted by Gasteiger charge is -2.08. The molecule has 0 unspecified atom stereocenters. The zero-order valence-electron chi connectivity index (χ0n) is 19.8. The molecule has 0 aliphatic carbocycles. The van der Waals surface area contributed by atoms with Crippen LogP contribution in [0.15, 0.2) is 91.1 Å². The third-order valence-electron chi connectivity index (χ3n) is 6.44. The van der Waals surface area contributed by atoms with Crippen LogP contribution in [0.2, 0.25) is 0 Å². The molecule has 0 aliphatic rings. The number of thiazole rings is 1. The minimum atomic E-state index is -0.159. The van der Waals surface area contributed by atoms with E-state index in [0.29, 0.717) is 5.56 Å². The van der Waals surface area contributed by atoms with Crippen molar-refractivity contribution in [3.05, 3.63) is 102 Å². The van der Waals surface area contributed by atoms with Gasteiger partial charge < -0.3 is 5.32 Å². The maximum absolute atomic E-state index is 13.3. The fourth-order valence-electron chi connectivity index (χ4n) is 4.55. The molecule has 0 spiro atoms. The number of nitrogens with one attached hydrogen (secondary N) is 2. The highest BCUT2D eigenvalue weighted by atomic mass is 32.1. The normalized spacial score (nSPS) is 11.5. The van der Waals surface area contributed by atoms with E-state index in [-0.39, 0.29) is 5.91 Å². The maximum Gasteiger partial charge on any atom is 0.255 e. The molecule has 4 aromatic carbocycles. The summed E-state index contributed by atoms with van der Waals surface area (Å²) in [7, 11) is 0. The summed E-state index contributed by atoms with van der Waals surface area (Å²) in [6.45, 7) is 2.09. The Labute approximate surface area is 220 Å². The monoisotopic (exact) mass is 516 g/mol. The van der Waals surface area contributed by atoms with Crippen molar-refractivity contribution in [2.75, 3.05) is 5.32 Å². The third-order valence-corrected chi connectivity index (χ3v) is 8.65. The third kappa shape index (κ3) is 3.98. The molecule has 5 nitrogen and oxygen atoms in total. The van der Waals surface area contributed by atoms with E-state index in [1.54, 1.807) is 28.9 Å². The maximum atomic E-state index is 13.3. The van der Waals surface area contributed by atoms with Crippen molar-refractivity contribution in [2.24, 2.45) is 0 Å². The van der Waals surface area contributed by atoms with Crippen molar-refractivity contribution in [1.82, 2.24) is 15.2 Å². The molecule has 1 amide bonds. The van der Waals surface area contributed by atoms with Gasteiger partial charge in [-0.1, -0.05) is 24.3 Å². The van der Waals surface area contributed by atoms with Gasteiger partial charge in [-0.25, -0.2) is 4.98 Å². The van der Waals surface area contributed by atoms with E-state index < -0.39 is 0 Å². The van der Waals surface area contributed by atoms with Crippen LogP contribution in [0.3, 0.4) is 0 Å². The number of hydrogen-bond acceptors (Lipinski definition) is 5. The summed E-state index contributed by atoms with van der Waals surface area (Å²) in [6.07, 6.45) is 1.76. The summed E-state index contributed by atoms with van der Waals surface area (Å²) in [5.74, 6) is -0.159. The van der Waals surface area contributed by atoms with Gasteiger partial charge in [0, 0.05) is 37.3 Å². The van der Waals surface area contributed by atoms with E-state index in [2.05, 4.69) is 58.8 Å². The van der Waals surface area contributed by atoms with Gasteiger partial charge in [-0.05, 0) is 78.5 Å². The van der Waals surface area contributed by atoms with Gasteiger partial charge >= 0.3 is 0 Å². The first-order valence-corrected chi connectivity index (χ1v) is 13.5. The molecule has 7 heteroatoms. The average Bonchev–Trinajstić information content (AvgIpc) is 3.65. The number of aromatic amines is 1. The number of H-pyrrole nitrogens is 1.